The van der Waals surface area contributed by atoms with Crippen molar-refractivity contribution in [2.24, 2.45) is 0 Å². The Kier molecular flexibility index (Phi) is 24.6. The van der Waals surface area contributed by atoms with Crippen molar-refractivity contribution in [1.82, 2.24) is 16.0 Å². The van der Waals surface area contributed by atoms with Gasteiger partial charge in [0.1, 0.15) is 72.3 Å². The molecular formula is C43H62N4O24S4. The second-order valence-corrected chi connectivity index (χ2v) is 22.4. The summed E-state index contributed by atoms with van der Waals surface area (Å²) in [5, 5.41) is 89.5. The summed E-state index contributed by atoms with van der Waals surface area (Å²) >= 11 is 0. The van der Waals surface area contributed by atoms with Gasteiger partial charge >= 0.3 is 35.8 Å². The lowest BCUT2D eigenvalue weighted by Gasteiger charge is -2.52. The number of esters is 3. The molecule has 0 saturated carbocycles. The van der Waals surface area contributed by atoms with Crippen molar-refractivity contribution in [2.75, 3.05) is 25.2 Å². The molecule has 0 spiro atoms. The first-order valence-corrected chi connectivity index (χ1v) is 27.5. The third-order valence-electron chi connectivity index (χ3n) is 11.8. The van der Waals surface area contributed by atoms with Crippen LogP contribution in [-0.2, 0) is 76.3 Å². The first kappa shape index (κ1) is 64.5. The van der Waals surface area contributed by atoms with E-state index in [1.807, 2.05) is 0 Å². The molecule has 2 heterocycles. The minimum Gasteiger partial charge on any atom is -0.508 e. The Labute approximate surface area is 444 Å². The molecule has 422 valence electrons. The Balaban J connectivity index is 2.19. The van der Waals surface area contributed by atoms with Gasteiger partial charge in [0.2, 0.25) is 11.8 Å². The highest BCUT2D eigenvalue weighted by Gasteiger charge is 2.62. The van der Waals surface area contributed by atoms with Crippen LogP contribution in [0.25, 0.3) is 0 Å². The maximum atomic E-state index is 14.7. The van der Waals surface area contributed by atoms with Crippen molar-refractivity contribution in [3.8, 4) is 0 Å². The van der Waals surface area contributed by atoms with Crippen molar-refractivity contribution in [1.29, 1.82) is 5.41 Å². The van der Waals surface area contributed by atoms with Gasteiger partial charge in [0.15, 0.2) is 29.4 Å². The van der Waals surface area contributed by atoms with E-state index in [0.717, 1.165) is 42.4 Å². The number of carboxylic acid groups (broad SMARTS) is 3. The number of carbonyl (C=O) groups is 10. The molecule has 2 fully saturated rings. The average Bonchev–Trinajstić information content (AvgIpc) is 3.30. The smallest absolute Gasteiger partial charge is 0.341 e. The standard InChI is InChI=1S/C43H62N4O24S4/c1-9-10-27(52)67-17(3)43(64)18(4)68-28(11-26(43)65-8)70-34-32(53)36(42(63)12-24(51)30(44)29(35(42)54)39(59)60)69-25(13-66-21(7)50)33(34)71-40(61)31(16(2)74-72-14-22(37(55)56)45-19(5)48)47-41(62)75-73-15-23(38(57)58)46-20(6)49/h16-18,22-23,25-26,28,31-34,36,44,53-54,63-64H,9-15H2,1-8H3,(H,45,48)(H,46,49)(H,47,62)(H,55,56)(H,57,58)(H,59,60)/t16?,17?,18-,22?,23?,25+,26-,28-,31-,32+,33+,34-,36+,42?,43+/m0/s1. The van der Waals surface area contributed by atoms with E-state index in [2.05, 4.69) is 16.0 Å². The third kappa shape index (κ3) is 16.9. The zero-order valence-corrected chi connectivity index (χ0v) is 44.9. The largest absolute Gasteiger partial charge is 0.508 e. The Morgan fingerprint density at radius 2 is 1.48 bits per heavy atom. The number of ether oxygens (including phenoxy) is 7. The van der Waals surface area contributed by atoms with Crippen LogP contribution in [0.2, 0.25) is 0 Å². The number of aliphatic carboxylic acids is 3. The summed E-state index contributed by atoms with van der Waals surface area (Å²) in [6.45, 7) is 8.01. The third-order valence-corrected chi connectivity index (χ3v) is 16.7. The lowest BCUT2D eigenvalue weighted by molar-refractivity contribution is -0.345. The van der Waals surface area contributed by atoms with Gasteiger partial charge in [-0.1, -0.05) is 39.3 Å². The van der Waals surface area contributed by atoms with E-state index in [-0.39, 0.29) is 17.9 Å². The Hall–Kier alpha value is -4.77. The number of hydrogen-bond donors (Lipinski definition) is 11. The molecule has 3 aliphatic rings. The fourth-order valence-electron chi connectivity index (χ4n) is 7.99. The van der Waals surface area contributed by atoms with Crippen molar-refractivity contribution in [2.45, 2.75) is 164 Å². The van der Waals surface area contributed by atoms with Gasteiger partial charge in [-0.2, -0.15) is 0 Å². The molecule has 0 aromatic carbocycles. The van der Waals surface area contributed by atoms with Crippen LogP contribution < -0.4 is 16.0 Å². The lowest BCUT2D eigenvalue weighted by atomic mass is 9.74. The first-order chi connectivity index (χ1) is 34.9. The normalized spacial score (nSPS) is 28.8. The van der Waals surface area contributed by atoms with Crippen LogP contribution in [0.5, 0.6) is 0 Å². The summed E-state index contributed by atoms with van der Waals surface area (Å²) in [6, 6.07) is -4.66. The van der Waals surface area contributed by atoms with E-state index in [1.165, 1.54) is 27.9 Å². The van der Waals surface area contributed by atoms with E-state index < -0.39 is 185 Å². The Bertz CT molecular complexity index is 2210. The number of aliphatic hydroxyl groups is 4. The van der Waals surface area contributed by atoms with Crippen LogP contribution in [-0.4, -0.2) is 215 Å². The molecule has 1 aliphatic carbocycles. The van der Waals surface area contributed by atoms with Gasteiger partial charge in [-0.3, -0.25) is 34.2 Å². The summed E-state index contributed by atoms with van der Waals surface area (Å²) in [5.41, 5.74) is -7.87. The summed E-state index contributed by atoms with van der Waals surface area (Å²) in [5.74, 6) is -12.8. The van der Waals surface area contributed by atoms with Crippen molar-refractivity contribution in [3.63, 3.8) is 0 Å². The number of ketones is 1. The quantitative estimate of drug-likeness (QED) is 0.0299. The topological polar surface area (TPSA) is 437 Å². The highest BCUT2D eigenvalue weighted by Crippen LogP contribution is 2.43. The molecule has 2 aliphatic heterocycles. The number of nitrogens with one attached hydrogen (secondary N) is 4. The van der Waals surface area contributed by atoms with Crippen LogP contribution in [0.4, 0.5) is 4.79 Å². The Morgan fingerprint density at radius 1 is 0.893 bits per heavy atom. The van der Waals surface area contributed by atoms with E-state index in [0.29, 0.717) is 28.0 Å². The number of methoxy groups -OCH3 is 1. The molecule has 0 aromatic rings. The second kappa shape index (κ2) is 28.6. The molecule has 15 atom stereocenters. The minimum absolute atomic E-state index is 0.00380. The number of carbonyl (C=O) groups excluding carboxylic acids is 7. The van der Waals surface area contributed by atoms with Gasteiger partial charge < -0.3 is 84.9 Å². The molecule has 0 radical (unpaired) electrons. The number of amides is 3. The fourth-order valence-corrected chi connectivity index (χ4v) is 12.4. The van der Waals surface area contributed by atoms with Gasteiger partial charge in [0.25, 0.3) is 5.24 Å². The molecule has 2 saturated heterocycles. The summed E-state index contributed by atoms with van der Waals surface area (Å²) in [4.78, 5) is 125. The maximum Gasteiger partial charge on any atom is 0.341 e. The van der Waals surface area contributed by atoms with E-state index >= 15 is 0 Å². The summed E-state index contributed by atoms with van der Waals surface area (Å²) in [7, 11) is 3.91. The average molecular weight is 1150 g/mol. The number of aliphatic hydroxyl groups excluding tert-OH is 2. The maximum absolute atomic E-state index is 14.7. The van der Waals surface area contributed by atoms with Crippen molar-refractivity contribution in [3.05, 3.63) is 11.3 Å². The monoisotopic (exact) mass is 1150 g/mol. The summed E-state index contributed by atoms with van der Waals surface area (Å²) < 4.78 is 40.7. The molecule has 3 rings (SSSR count). The first-order valence-electron chi connectivity index (χ1n) is 22.8. The van der Waals surface area contributed by atoms with Crippen molar-refractivity contribution < 1.29 is 117 Å². The highest BCUT2D eigenvalue weighted by molar-refractivity contribution is 8.82. The Morgan fingerprint density at radius 3 is 2.00 bits per heavy atom. The van der Waals surface area contributed by atoms with Crippen molar-refractivity contribution >= 4 is 108 Å². The fraction of sp³-hybridized carbons (Fsp3) is 0.698. The molecule has 5 unspecified atom stereocenters. The lowest BCUT2D eigenvalue weighted by Crippen LogP contribution is -2.70. The molecule has 75 heavy (non-hydrogen) atoms. The number of rotatable bonds is 26. The SMILES string of the molecule is CCCC(=O)OC(C)[C@@]1(O)[C@H](C)O[C@@H](O[C@H]2[C@@H](O)[C@H](C3(O)CC(=O)C(=N)C(C(=O)O)=C3O)O[C@H](COC(C)=O)[C@H]2OC(=O)[C@@H](NC(=O)SSCC(NC(C)=O)C(=O)O)C(C)SSCC(NC(C)=O)C(=O)O)C[C@@H]1OC. The number of Topliss-reactive ketones (excluding diaryl/α,β-unsaturated/α-hetero) is 1. The van der Waals surface area contributed by atoms with Crippen LogP contribution >= 0.6 is 43.2 Å². The number of carboxylic acids is 3. The molecular weight excluding hydrogens is 1080 g/mol. The van der Waals surface area contributed by atoms with Gasteiger partial charge in [-0.15, -0.1) is 0 Å². The minimum atomic E-state index is -3.20. The summed E-state index contributed by atoms with van der Waals surface area (Å²) in [6.07, 6.45) is -17.8. The van der Waals surface area contributed by atoms with Gasteiger partial charge in [0, 0.05) is 68.3 Å². The predicted octanol–water partition coefficient (Wildman–Crippen LogP) is -0.384. The molecule has 0 bridgehead atoms. The van der Waals surface area contributed by atoms with Crippen LogP contribution in [0.1, 0.15) is 74.1 Å². The molecule has 0 aromatic heterocycles. The molecule has 32 heteroatoms. The second-order valence-electron chi connectivity index (χ2n) is 17.3. The van der Waals surface area contributed by atoms with Crippen LogP contribution in [0.3, 0.4) is 0 Å². The predicted molar refractivity (Wildman–Crippen MR) is 263 cm³/mol. The van der Waals surface area contributed by atoms with Crippen LogP contribution in [0.15, 0.2) is 11.3 Å². The molecule has 11 N–H and O–H groups in total. The zero-order valence-electron chi connectivity index (χ0n) is 41.7. The van der Waals surface area contributed by atoms with E-state index in [1.54, 1.807) is 6.92 Å². The number of hydrogen-bond acceptors (Lipinski definition) is 26. The van der Waals surface area contributed by atoms with Gasteiger partial charge in [-0.05, 0) is 27.2 Å². The molecule has 3 amide bonds. The highest BCUT2D eigenvalue weighted by atomic mass is 33.1. The van der Waals surface area contributed by atoms with E-state index in [9.17, 15) is 83.7 Å². The van der Waals surface area contributed by atoms with Crippen LogP contribution in [0, 0.1) is 5.41 Å². The zero-order chi connectivity index (χ0) is 56.9. The van der Waals surface area contributed by atoms with Gasteiger partial charge in [0.05, 0.1) is 18.6 Å². The van der Waals surface area contributed by atoms with Gasteiger partial charge in [-0.25, -0.2) is 19.2 Å². The molecule has 28 nitrogen and oxygen atoms in total. The van der Waals surface area contributed by atoms with E-state index in [4.69, 9.17) is 38.6 Å².